The van der Waals surface area contributed by atoms with E-state index in [2.05, 4.69) is 13.8 Å². The van der Waals surface area contributed by atoms with Gasteiger partial charge in [-0.15, -0.1) is 11.8 Å². The van der Waals surface area contributed by atoms with Gasteiger partial charge in [0.25, 0.3) is 0 Å². The van der Waals surface area contributed by atoms with Crippen LogP contribution in [-0.4, -0.2) is 50.3 Å². The van der Waals surface area contributed by atoms with E-state index in [1.807, 2.05) is 6.08 Å². The second kappa shape index (κ2) is 13.3. The average Bonchev–Trinajstić information content (AvgIpc) is 2.87. The molecule has 0 unspecified atom stereocenters. The van der Waals surface area contributed by atoms with Gasteiger partial charge >= 0.3 is 5.97 Å². The Hall–Kier alpha value is -0.850. The van der Waals surface area contributed by atoms with Crippen molar-refractivity contribution in [3.63, 3.8) is 0 Å². The van der Waals surface area contributed by atoms with Gasteiger partial charge in [-0.25, -0.2) is 0 Å². The Morgan fingerprint density at radius 1 is 1.30 bits per heavy atom. The highest BCUT2D eigenvalue weighted by molar-refractivity contribution is 8.00. The first-order valence-corrected chi connectivity index (χ1v) is 11.3. The fourth-order valence-corrected chi connectivity index (χ4v) is 4.89. The zero-order valence-electron chi connectivity index (χ0n) is 16.7. The molecule has 6 heteroatoms. The Morgan fingerprint density at radius 2 is 2.04 bits per heavy atom. The molecule has 0 aliphatic heterocycles. The van der Waals surface area contributed by atoms with E-state index in [0.29, 0.717) is 18.8 Å². The van der Waals surface area contributed by atoms with Crippen molar-refractivity contribution in [3.8, 4) is 0 Å². The minimum absolute atomic E-state index is 0.0680. The van der Waals surface area contributed by atoms with Crippen LogP contribution >= 0.6 is 11.8 Å². The van der Waals surface area contributed by atoms with E-state index in [1.54, 1.807) is 17.8 Å². The maximum absolute atomic E-state index is 12.2. The van der Waals surface area contributed by atoms with Gasteiger partial charge in [0.05, 0.1) is 17.5 Å². The summed E-state index contributed by atoms with van der Waals surface area (Å²) in [7, 11) is 0. The van der Waals surface area contributed by atoms with Gasteiger partial charge in [-0.05, 0) is 30.9 Å². The standard InChI is InChI=1S/C21H36O5S/c1-3-4-8-15(2)13-16(22)10-11-17-18(23)14-19(24)21(17)27-12-7-5-6-9-20(25)26/h10-11,15-18,21-23H,3-9,12-14H2,1-2H3,(H,25,26)/b11-10+/t15-,16+,17-,18+,21+/m0/s1. The molecule has 0 heterocycles. The molecule has 0 radical (unpaired) electrons. The highest BCUT2D eigenvalue weighted by Crippen LogP contribution is 2.34. The van der Waals surface area contributed by atoms with Crippen LogP contribution in [0.2, 0.25) is 0 Å². The normalized spacial score (nSPS) is 25.2. The van der Waals surface area contributed by atoms with Crippen LogP contribution in [0, 0.1) is 11.8 Å². The van der Waals surface area contributed by atoms with Gasteiger partial charge in [-0.2, -0.15) is 0 Å². The minimum atomic E-state index is -0.774. The summed E-state index contributed by atoms with van der Waals surface area (Å²) < 4.78 is 0. The highest BCUT2D eigenvalue weighted by Gasteiger charge is 2.40. The number of hydrogen-bond donors (Lipinski definition) is 3. The van der Waals surface area contributed by atoms with Crippen LogP contribution in [0.25, 0.3) is 0 Å². The van der Waals surface area contributed by atoms with Crippen molar-refractivity contribution < 1.29 is 24.9 Å². The molecule has 1 aliphatic rings. The van der Waals surface area contributed by atoms with Gasteiger partial charge in [0.2, 0.25) is 0 Å². The summed E-state index contributed by atoms with van der Waals surface area (Å²) in [5.74, 6) is 0.282. The Labute approximate surface area is 167 Å². The molecule has 0 aromatic rings. The lowest BCUT2D eigenvalue weighted by Gasteiger charge is -2.18. The van der Waals surface area contributed by atoms with Crippen LogP contribution in [0.4, 0.5) is 0 Å². The molecule has 1 fully saturated rings. The van der Waals surface area contributed by atoms with E-state index < -0.39 is 18.2 Å². The van der Waals surface area contributed by atoms with Gasteiger partial charge in [0.1, 0.15) is 5.78 Å². The van der Waals surface area contributed by atoms with E-state index in [1.165, 1.54) is 6.42 Å². The molecule has 0 saturated heterocycles. The van der Waals surface area contributed by atoms with Gasteiger partial charge in [-0.1, -0.05) is 51.7 Å². The third-order valence-electron chi connectivity index (χ3n) is 5.10. The van der Waals surface area contributed by atoms with Crippen molar-refractivity contribution >= 4 is 23.5 Å². The van der Waals surface area contributed by atoms with Gasteiger partial charge in [0, 0.05) is 18.8 Å². The van der Waals surface area contributed by atoms with Gasteiger partial charge in [-0.3, -0.25) is 9.59 Å². The number of aliphatic hydroxyl groups is 2. The molecular weight excluding hydrogens is 364 g/mol. The molecule has 1 rings (SSSR count). The summed E-state index contributed by atoms with van der Waals surface area (Å²) in [6, 6.07) is 0. The lowest BCUT2D eigenvalue weighted by atomic mass is 9.96. The maximum Gasteiger partial charge on any atom is 0.303 e. The summed E-state index contributed by atoms with van der Waals surface area (Å²) in [6.45, 7) is 4.30. The smallest absolute Gasteiger partial charge is 0.303 e. The van der Waals surface area contributed by atoms with Crippen LogP contribution in [0.5, 0.6) is 0 Å². The number of aliphatic hydroxyl groups excluding tert-OH is 2. The fraction of sp³-hybridized carbons (Fsp3) is 0.810. The van der Waals surface area contributed by atoms with Crippen molar-refractivity contribution in [2.45, 2.75) is 89.1 Å². The number of thioether (sulfide) groups is 1. The third kappa shape index (κ3) is 9.77. The number of hydrogen-bond acceptors (Lipinski definition) is 5. The van der Waals surface area contributed by atoms with E-state index in [9.17, 15) is 19.8 Å². The number of Topliss-reactive ketones (excluding diaryl/α,β-unsaturated/α-hetero) is 1. The van der Waals surface area contributed by atoms with E-state index >= 15 is 0 Å². The molecule has 0 aromatic carbocycles. The minimum Gasteiger partial charge on any atom is -0.481 e. The van der Waals surface area contributed by atoms with Gasteiger partial charge < -0.3 is 15.3 Å². The van der Waals surface area contributed by atoms with Crippen LogP contribution in [-0.2, 0) is 9.59 Å². The molecule has 5 nitrogen and oxygen atoms in total. The van der Waals surface area contributed by atoms with Crippen LogP contribution in [0.15, 0.2) is 12.2 Å². The molecule has 0 bridgehead atoms. The number of carboxylic acid groups (broad SMARTS) is 1. The second-order valence-corrected chi connectivity index (χ2v) is 9.00. The predicted molar refractivity (Wildman–Crippen MR) is 110 cm³/mol. The zero-order chi connectivity index (χ0) is 20.2. The van der Waals surface area contributed by atoms with E-state index in [0.717, 1.165) is 31.4 Å². The van der Waals surface area contributed by atoms with E-state index in [4.69, 9.17) is 5.11 Å². The highest BCUT2D eigenvalue weighted by atomic mass is 32.2. The molecule has 156 valence electrons. The monoisotopic (exact) mass is 400 g/mol. The van der Waals surface area contributed by atoms with Crippen molar-refractivity contribution in [2.75, 3.05) is 5.75 Å². The molecule has 5 atom stereocenters. The lowest BCUT2D eigenvalue weighted by Crippen LogP contribution is -2.22. The van der Waals surface area contributed by atoms with Crippen molar-refractivity contribution in [1.82, 2.24) is 0 Å². The Bertz CT molecular complexity index is 479. The Kier molecular flexibility index (Phi) is 12.0. The van der Waals surface area contributed by atoms with Gasteiger partial charge in [0.15, 0.2) is 0 Å². The number of rotatable bonds is 14. The first-order chi connectivity index (χ1) is 12.8. The van der Waals surface area contributed by atoms with Crippen LogP contribution in [0.1, 0.15) is 71.6 Å². The molecule has 3 N–H and O–H groups in total. The first kappa shape index (κ1) is 24.2. The summed E-state index contributed by atoms with van der Waals surface area (Å²) in [5, 5.41) is 28.8. The molecule has 27 heavy (non-hydrogen) atoms. The number of unbranched alkanes of at least 4 members (excludes halogenated alkanes) is 3. The van der Waals surface area contributed by atoms with Crippen molar-refractivity contribution in [2.24, 2.45) is 11.8 Å². The van der Waals surface area contributed by atoms with Crippen molar-refractivity contribution in [1.29, 1.82) is 0 Å². The number of ketones is 1. The summed E-state index contributed by atoms with van der Waals surface area (Å²) in [4.78, 5) is 22.7. The summed E-state index contributed by atoms with van der Waals surface area (Å²) in [5.41, 5.74) is 0. The summed E-state index contributed by atoms with van der Waals surface area (Å²) >= 11 is 1.55. The number of carbonyl (C=O) groups is 2. The number of carbonyl (C=O) groups excluding carboxylic acids is 1. The summed E-state index contributed by atoms with van der Waals surface area (Å²) in [6.07, 6.45) is 9.20. The second-order valence-electron chi connectivity index (χ2n) is 7.75. The van der Waals surface area contributed by atoms with Crippen LogP contribution in [0.3, 0.4) is 0 Å². The number of aliphatic carboxylic acids is 1. The Morgan fingerprint density at radius 3 is 2.70 bits per heavy atom. The zero-order valence-corrected chi connectivity index (χ0v) is 17.5. The molecule has 1 saturated carbocycles. The quantitative estimate of drug-likeness (QED) is 0.303. The predicted octanol–water partition coefficient (Wildman–Crippen LogP) is 3.82. The SMILES string of the molecule is CCCC[C@H](C)C[C@H](O)/C=C/[C@H]1[C@H](O)CC(=O)[C@@H]1SCCCCCC(=O)O. The van der Waals surface area contributed by atoms with Crippen LogP contribution < -0.4 is 0 Å². The molecule has 0 aromatic heterocycles. The first-order valence-electron chi connectivity index (χ1n) is 10.3. The average molecular weight is 401 g/mol. The molecular formula is C21H36O5S. The third-order valence-corrected chi connectivity index (χ3v) is 6.56. The molecule has 1 aliphatic carbocycles. The fourth-order valence-electron chi connectivity index (χ4n) is 3.49. The van der Waals surface area contributed by atoms with E-state index in [-0.39, 0.29) is 29.8 Å². The topological polar surface area (TPSA) is 94.8 Å². The number of carboxylic acids is 1. The largest absolute Gasteiger partial charge is 0.481 e. The lowest BCUT2D eigenvalue weighted by molar-refractivity contribution is -0.137. The Balaban J connectivity index is 2.43. The molecule has 0 spiro atoms. The maximum atomic E-state index is 12.2. The molecule has 0 amide bonds. The van der Waals surface area contributed by atoms with Crippen molar-refractivity contribution in [3.05, 3.63) is 12.2 Å².